The van der Waals surface area contributed by atoms with Crippen LogP contribution in [0.5, 0.6) is 0 Å². The predicted octanol–water partition coefficient (Wildman–Crippen LogP) is 3.90. The summed E-state index contributed by atoms with van der Waals surface area (Å²) in [4.78, 5) is 15.4. The van der Waals surface area contributed by atoms with Crippen LogP contribution < -0.4 is 5.43 Å². The molecule has 0 atom stereocenters. The van der Waals surface area contributed by atoms with Gasteiger partial charge in [0.05, 0.1) is 22.8 Å². The zero-order valence-corrected chi connectivity index (χ0v) is 14.4. The number of hydrazone groups is 1. The molecule has 5 nitrogen and oxygen atoms in total. The Morgan fingerprint density at radius 1 is 1.00 bits per heavy atom. The second kappa shape index (κ2) is 7.72. The maximum atomic E-state index is 13.5. The molecular formula is C17H8F8N4O. The number of rotatable bonds is 4. The van der Waals surface area contributed by atoms with Gasteiger partial charge in [0.15, 0.2) is 23.3 Å². The molecule has 0 fully saturated rings. The van der Waals surface area contributed by atoms with Gasteiger partial charge in [-0.25, -0.2) is 32.4 Å². The van der Waals surface area contributed by atoms with Crippen molar-refractivity contribution >= 4 is 23.2 Å². The van der Waals surface area contributed by atoms with Crippen molar-refractivity contribution in [2.24, 2.45) is 5.10 Å². The molecule has 13 heteroatoms. The number of fused-ring (bicyclic) bond motifs is 1. The van der Waals surface area contributed by atoms with Crippen molar-refractivity contribution in [1.82, 2.24) is 15.0 Å². The lowest BCUT2D eigenvalue weighted by Crippen LogP contribution is -2.26. The molecule has 1 heterocycles. The fraction of sp³-hybridized carbons (Fsp3) is 0.118. The number of amides is 1. The van der Waals surface area contributed by atoms with Gasteiger partial charge in [-0.05, 0) is 12.1 Å². The van der Waals surface area contributed by atoms with E-state index in [0.717, 1.165) is 0 Å². The zero-order valence-electron chi connectivity index (χ0n) is 14.4. The first-order chi connectivity index (χ1) is 14.0. The molecule has 1 aromatic heterocycles. The van der Waals surface area contributed by atoms with E-state index >= 15 is 0 Å². The number of alkyl halides is 3. The van der Waals surface area contributed by atoms with Crippen molar-refractivity contribution in [1.29, 1.82) is 0 Å². The molecule has 0 aliphatic heterocycles. The Labute approximate surface area is 161 Å². The predicted molar refractivity (Wildman–Crippen MR) is 86.7 cm³/mol. The van der Waals surface area contributed by atoms with Crippen LogP contribution in [0.15, 0.2) is 29.4 Å². The van der Waals surface area contributed by atoms with Gasteiger partial charge in [-0.15, -0.1) is 0 Å². The number of hydrogen-bond acceptors (Lipinski definition) is 3. The third kappa shape index (κ3) is 3.82. The second-order valence-corrected chi connectivity index (χ2v) is 5.78. The summed E-state index contributed by atoms with van der Waals surface area (Å²) in [6.45, 7) is -0.941. The number of hydrogen-bond donors (Lipinski definition) is 1. The summed E-state index contributed by atoms with van der Waals surface area (Å²) in [7, 11) is 0. The number of para-hydroxylation sites is 2. The van der Waals surface area contributed by atoms with E-state index in [1.54, 1.807) is 5.43 Å². The van der Waals surface area contributed by atoms with Crippen molar-refractivity contribution in [3.05, 3.63) is 64.7 Å². The Balaban J connectivity index is 1.85. The van der Waals surface area contributed by atoms with E-state index < -0.39 is 59.1 Å². The lowest BCUT2D eigenvalue weighted by molar-refractivity contribution is -0.147. The minimum atomic E-state index is -4.89. The standard InChI is InChI=1S/C17H8F8N4O/c18-11-7(12(19)14(21)15(22)13(11)20)5-26-28-10(30)6-29-9-4-2-1-3-8(9)27-16(29)17(23,24)25/h1-5H,6H2,(H,28,30). The molecule has 0 radical (unpaired) electrons. The fourth-order valence-electron chi connectivity index (χ4n) is 2.53. The number of halogens is 8. The maximum absolute atomic E-state index is 13.5. The summed E-state index contributed by atoms with van der Waals surface area (Å²) in [6.07, 6.45) is -4.75. The van der Waals surface area contributed by atoms with Gasteiger partial charge in [0.25, 0.3) is 5.91 Å². The van der Waals surface area contributed by atoms with Gasteiger partial charge in [-0.2, -0.15) is 18.3 Å². The quantitative estimate of drug-likeness (QED) is 0.222. The molecule has 1 N–H and O–H groups in total. The van der Waals surface area contributed by atoms with Gasteiger partial charge in [-0.1, -0.05) is 12.1 Å². The number of nitrogens with one attached hydrogen (secondary N) is 1. The van der Waals surface area contributed by atoms with Crippen LogP contribution in [0.4, 0.5) is 35.1 Å². The number of aromatic nitrogens is 2. The molecule has 0 saturated heterocycles. The first-order valence-corrected chi connectivity index (χ1v) is 7.88. The second-order valence-electron chi connectivity index (χ2n) is 5.78. The van der Waals surface area contributed by atoms with E-state index in [4.69, 9.17) is 0 Å². The van der Waals surface area contributed by atoms with E-state index in [0.29, 0.717) is 4.57 Å². The third-order valence-electron chi connectivity index (χ3n) is 3.84. The molecule has 30 heavy (non-hydrogen) atoms. The zero-order chi connectivity index (χ0) is 22.2. The molecule has 3 aromatic rings. The minimum absolute atomic E-state index is 0.0243. The van der Waals surface area contributed by atoms with Crippen molar-refractivity contribution in [2.45, 2.75) is 12.7 Å². The third-order valence-corrected chi connectivity index (χ3v) is 3.84. The van der Waals surface area contributed by atoms with E-state index in [9.17, 15) is 39.9 Å². The van der Waals surface area contributed by atoms with Crippen LogP contribution in [0.1, 0.15) is 11.4 Å². The van der Waals surface area contributed by atoms with E-state index in [1.807, 2.05) is 0 Å². The highest BCUT2D eigenvalue weighted by Gasteiger charge is 2.38. The van der Waals surface area contributed by atoms with Crippen LogP contribution in [0.25, 0.3) is 11.0 Å². The first kappa shape index (κ1) is 21.2. The van der Waals surface area contributed by atoms with Crippen LogP contribution in [0, 0.1) is 29.1 Å². The molecule has 3 rings (SSSR count). The van der Waals surface area contributed by atoms with Gasteiger partial charge >= 0.3 is 6.18 Å². The summed E-state index contributed by atoms with van der Waals surface area (Å²) >= 11 is 0. The average molecular weight is 436 g/mol. The summed E-state index contributed by atoms with van der Waals surface area (Å²) in [5.74, 6) is -13.7. The molecule has 0 saturated carbocycles. The molecule has 0 aliphatic carbocycles. The Bertz CT molecular complexity index is 1140. The van der Waals surface area contributed by atoms with Crippen molar-refractivity contribution in [2.75, 3.05) is 0 Å². The summed E-state index contributed by atoms with van der Waals surface area (Å²) in [5.41, 5.74) is 0.165. The van der Waals surface area contributed by atoms with Gasteiger partial charge in [0.2, 0.25) is 11.6 Å². The van der Waals surface area contributed by atoms with E-state index in [1.165, 1.54) is 24.3 Å². The van der Waals surface area contributed by atoms with Crippen LogP contribution >= 0.6 is 0 Å². The minimum Gasteiger partial charge on any atom is -0.311 e. The largest absolute Gasteiger partial charge is 0.449 e. The Kier molecular flexibility index (Phi) is 5.46. The molecule has 1 amide bonds. The van der Waals surface area contributed by atoms with Crippen LogP contribution in [-0.2, 0) is 17.5 Å². The van der Waals surface area contributed by atoms with Crippen LogP contribution in [0.2, 0.25) is 0 Å². The fourth-order valence-corrected chi connectivity index (χ4v) is 2.53. The highest BCUT2D eigenvalue weighted by atomic mass is 19.4. The number of nitrogens with zero attached hydrogens (tertiary/aromatic N) is 3. The lowest BCUT2D eigenvalue weighted by Gasteiger charge is -2.10. The van der Waals surface area contributed by atoms with Gasteiger partial charge < -0.3 is 4.57 Å². The molecule has 0 spiro atoms. The maximum Gasteiger partial charge on any atom is 0.449 e. The van der Waals surface area contributed by atoms with Gasteiger partial charge in [-0.3, -0.25) is 4.79 Å². The van der Waals surface area contributed by atoms with Crippen LogP contribution in [0.3, 0.4) is 0 Å². The van der Waals surface area contributed by atoms with Crippen LogP contribution in [-0.4, -0.2) is 21.7 Å². The highest BCUT2D eigenvalue weighted by molar-refractivity contribution is 5.84. The topological polar surface area (TPSA) is 59.3 Å². The lowest BCUT2D eigenvalue weighted by atomic mass is 10.2. The average Bonchev–Trinajstić information content (AvgIpc) is 3.06. The SMILES string of the molecule is O=C(Cn1c(C(F)(F)F)nc2ccccc21)NN=Cc1c(F)c(F)c(F)c(F)c1F. The molecule has 0 bridgehead atoms. The van der Waals surface area contributed by atoms with E-state index in [-0.39, 0.29) is 17.2 Å². The monoisotopic (exact) mass is 436 g/mol. The van der Waals surface area contributed by atoms with Gasteiger partial charge in [0, 0.05) is 0 Å². The number of carbonyl (C=O) groups is 1. The smallest absolute Gasteiger partial charge is 0.311 e. The summed E-state index contributed by atoms with van der Waals surface area (Å²) in [5, 5.41) is 3.05. The van der Waals surface area contributed by atoms with Crippen molar-refractivity contribution in [3.63, 3.8) is 0 Å². The molecular weight excluding hydrogens is 428 g/mol. The summed E-state index contributed by atoms with van der Waals surface area (Å²) in [6, 6.07) is 5.43. The number of imidazole rings is 1. The molecule has 158 valence electrons. The number of carbonyl (C=O) groups excluding carboxylic acids is 1. The molecule has 0 aliphatic rings. The van der Waals surface area contributed by atoms with E-state index in [2.05, 4.69) is 10.1 Å². The van der Waals surface area contributed by atoms with Crippen molar-refractivity contribution < 1.29 is 39.9 Å². The van der Waals surface area contributed by atoms with Crippen molar-refractivity contribution in [3.8, 4) is 0 Å². The Hall–Kier alpha value is -3.51. The Morgan fingerprint density at radius 2 is 1.57 bits per heavy atom. The summed E-state index contributed by atoms with van der Waals surface area (Å²) < 4.78 is 106. The first-order valence-electron chi connectivity index (χ1n) is 7.88. The number of benzene rings is 2. The Morgan fingerprint density at radius 3 is 2.17 bits per heavy atom. The normalized spacial score (nSPS) is 12.1. The molecule has 0 unspecified atom stereocenters. The van der Waals surface area contributed by atoms with Gasteiger partial charge in [0.1, 0.15) is 6.54 Å². The molecule has 2 aromatic carbocycles. The highest BCUT2D eigenvalue weighted by Crippen LogP contribution is 2.31.